The van der Waals surface area contributed by atoms with Crippen molar-refractivity contribution in [2.24, 2.45) is 0 Å². The van der Waals surface area contributed by atoms with E-state index in [4.69, 9.17) is 9.47 Å². The number of carbonyl (C=O) groups is 1. The van der Waals surface area contributed by atoms with Gasteiger partial charge in [-0.1, -0.05) is 55.8 Å². The molecular formula is C19H20O3. The van der Waals surface area contributed by atoms with Crippen LogP contribution in [0.3, 0.4) is 0 Å². The molecule has 0 saturated carbocycles. The van der Waals surface area contributed by atoms with E-state index in [0.29, 0.717) is 17.9 Å². The molecule has 0 N–H and O–H groups in total. The van der Waals surface area contributed by atoms with Crippen LogP contribution < -0.4 is 4.74 Å². The minimum absolute atomic E-state index is 0.122. The fraction of sp³-hybridized carbons (Fsp3) is 0.316. The minimum Gasteiger partial charge on any atom is -0.488 e. The summed E-state index contributed by atoms with van der Waals surface area (Å²) in [5.41, 5.74) is 2.64. The molecule has 0 fully saturated rings. The second kappa shape index (κ2) is 6.65. The molecule has 1 aliphatic rings. The molecule has 1 aliphatic heterocycles. The van der Waals surface area contributed by atoms with Crippen LogP contribution in [0, 0.1) is 0 Å². The van der Waals surface area contributed by atoms with Crippen molar-refractivity contribution in [1.82, 2.24) is 0 Å². The molecule has 3 rings (SSSR count). The Hall–Kier alpha value is -2.29. The maximum atomic E-state index is 12.2. The van der Waals surface area contributed by atoms with E-state index in [-0.39, 0.29) is 12.1 Å². The minimum atomic E-state index is -0.264. The fourth-order valence-corrected chi connectivity index (χ4v) is 2.75. The molecule has 0 bridgehead atoms. The van der Waals surface area contributed by atoms with Gasteiger partial charge < -0.3 is 9.47 Å². The van der Waals surface area contributed by atoms with Gasteiger partial charge >= 0.3 is 5.97 Å². The molecule has 1 atom stereocenters. The van der Waals surface area contributed by atoms with E-state index in [0.717, 1.165) is 30.4 Å². The van der Waals surface area contributed by atoms with Crippen LogP contribution in [-0.4, -0.2) is 5.97 Å². The Morgan fingerprint density at radius 1 is 1.09 bits per heavy atom. The standard InChI is InChI=1S/C19H20O3/c1-2-3-11-16-15-10-7-12-17(18(15)19(20)22-16)21-13-14-8-5-4-6-9-14/h4-10,12,16H,2-3,11,13H2,1H3/t16-/m0/s1. The molecule has 2 aromatic carbocycles. The van der Waals surface area contributed by atoms with Crippen molar-refractivity contribution >= 4 is 5.97 Å². The summed E-state index contributed by atoms with van der Waals surface area (Å²) >= 11 is 0. The largest absolute Gasteiger partial charge is 0.488 e. The number of fused-ring (bicyclic) bond motifs is 1. The molecule has 1 heterocycles. The molecule has 114 valence electrons. The third kappa shape index (κ3) is 2.98. The second-order valence-electron chi connectivity index (χ2n) is 5.53. The molecule has 2 aromatic rings. The highest BCUT2D eigenvalue weighted by atomic mass is 16.6. The van der Waals surface area contributed by atoms with E-state index in [1.807, 2.05) is 48.5 Å². The maximum absolute atomic E-state index is 12.2. The highest BCUT2D eigenvalue weighted by Crippen LogP contribution is 2.39. The summed E-state index contributed by atoms with van der Waals surface area (Å²) in [5, 5.41) is 0. The number of rotatable bonds is 6. The van der Waals surface area contributed by atoms with Crippen LogP contribution in [0.4, 0.5) is 0 Å². The van der Waals surface area contributed by atoms with Crippen LogP contribution in [0.5, 0.6) is 5.75 Å². The fourth-order valence-electron chi connectivity index (χ4n) is 2.75. The van der Waals surface area contributed by atoms with E-state index >= 15 is 0 Å². The zero-order valence-electron chi connectivity index (χ0n) is 12.7. The van der Waals surface area contributed by atoms with Gasteiger partial charge in [0.05, 0.1) is 0 Å². The monoisotopic (exact) mass is 296 g/mol. The summed E-state index contributed by atoms with van der Waals surface area (Å²) in [6, 6.07) is 15.7. The van der Waals surface area contributed by atoms with Crippen molar-refractivity contribution in [2.75, 3.05) is 0 Å². The topological polar surface area (TPSA) is 35.5 Å². The first-order chi connectivity index (χ1) is 10.8. The van der Waals surface area contributed by atoms with Crippen LogP contribution in [0.25, 0.3) is 0 Å². The number of cyclic esters (lactones) is 1. The average molecular weight is 296 g/mol. The smallest absolute Gasteiger partial charge is 0.342 e. The van der Waals surface area contributed by atoms with Gasteiger partial charge in [0.25, 0.3) is 0 Å². The zero-order chi connectivity index (χ0) is 15.4. The summed E-state index contributed by atoms with van der Waals surface area (Å²) in [6.45, 7) is 2.58. The Balaban J connectivity index is 1.79. The third-order valence-corrected chi connectivity index (χ3v) is 3.92. The average Bonchev–Trinajstić information content (AvgIpc) is 2.89. The first-order valence-electron chi connectivity index (χ1n) is 7.80. The predicted octanol–water partition coefficient (Wildman–Crippen LogP) is 4.67. The molecule has 0 radical (unpaired) electrons. The Labute approximate surface area is 130 Å². The normalized spacial score (nSPS) is 16.2. The molecule has 0 saturated heterocycles. The number of ether oxygens (including phenoxy) is 2. The van der Waals surface area contributed by atoms with Gasteiger partial charge in [0.15, 0.2) is 0 Å². The van der Waals surface area contributed by atoms with E-state index in [9.17, 15) is 4.79 Å². The van der Waals surface area contributed by atoms with Crippen molar-refractivity contribution in [3.63, 3.8) is 0 Å². The number of benzene rings is 2. The number of carbonyl (C=O) groups excluding carboxylic acids is 1. The molecule has 0 spiro atoms. The highest BCUT2D eigenvalue weighted by Gasteiger charge is 2.33. The summed E-state index contributed by atoms with van der Waals surface area (Å²) in [7, 11) is 0. The summed E-state index contributed by atoms with van der Waals surface area (Å²) in [5.74, 6) is 0.352. The molecular weight excluding hydrogens is 276 g/mol. The van der Waals surface area contributed by atoms with Crippen LogP contribution in [-0.2, 0) is 11.3 Å². The van der Waals surface area contributed by atoms with E-state index in [1.165, 1.54) is 0 Å². The molecule has 0 aliphatic carbocycles. The number of hydrogen-bond donors (Lipinski definition) is 0. The maximum Gasteiger partial charge on any atom is 0.342 e. The molecule has 3 heteroatoms. The van der Waals surface area contributed by atoms with Crippen molar-refractivity contribution < 1.29 is 14.3 Å². The van der Waals surface area contributed by atoms with Gasteiger partial charge in [-0.05, 0) is 24.5 Å². The summed E-state index contributed by atoms with van der Waals surface area (Å²) < 4.78 is 11.4. The Morgan fingerprint density at radius 2 is 1.91 bits per heavy atom. The van der Waals surface area contributed by atoms with E-state index in [1.54, 1.807) is 0 Å². The lowest BCUT2D eigenvalue weighted by Crippen LogP contribution is -2.02. The first kappa shape index (κ1) is 14.6. The highest BCUT2D eigenvalue weighted by molar-refractivity contribution is 5.97. The van der Waals surface area contributed by atoms with Gasteiger partial charge in [0, 0.05) is 5.56 Å². The van der Waals surface area contributed by atoms with Crippen LogP contribution in [0.2, 0.25) is 0 Å². The summed E-state index contributed by atoms with van der Waals surface area (Å²) in [4.78, 5) is 12.2. The van der Waals surface area contributed by atoms with Gasteiger partial charge in [-0.25, -0.2) is 4.79 Å². The second-order valence-corrected chi connectivity index (χ2v) is 5.53. The molecule has 3 nitrogen and oxygen atoms in total. The van der Waals surface area contributed by atoms with Crippen LogP contribution in [0.15, 0.2) is 48.5 Å². The van der Waals surface area contributed by atoms with E-state index in [2.05, 4.69) is 6.92 Å². The van der Waals surface area contributed by atoms with Gasteiger partial charge in [0.1, 0.15) is 24.0 Å². The number of unbranched alkanes of at least 4 members (excludes halogenated alkanes) is 1. The Morgan fingerprint density at radius 3 is 2.68 bits per heavy atom. The van der Waals surface area contributed by atoms with E-state index < -0.39 is 0 Å². The SMILES string of the molecule is CCCC[C@@H]1OC(=O)c2c(OCc3ccccc3)cccc21. The van der Waals surface area contributed by atoms with Crippen molar-refractivity contribution in [2.45, 2.75) is 38.9 Å². The molecule has 0 unspecified atom stereocenters. The zero-order valence-corrected chi connectivity index (χ0v) is 12.7. The van der Waals surface area contributed by atoms with Crippen LogP contribution in [0.1, 0.15) is 53.8 Å². The molecule has 0 amide bonds. The number of esters is 1. The Kier molecular flexibility index (Phi) is 4.42. The molecule has 22 heavy (non-hydrogen) atoms. The Bertz CT molecular complexity index is 649. The van der Waals surface area contributed by atoms with Crippen molar-refractivity contribution in [1.29, 1.82) is 0 Å². The van der Waals surface area contributed by atoms with Gasteiger partial charge in [-0.2, -0.15) is 0 Å². The lowest BCUT2D eigenvalue weighted by molar-refractivity contribution is 0.0362. The van der Waals surface area contributed by atoms with Gasteiger partial charge in [0.2, 0.25) is 0 Å². The lowest BCUT2D eigenvalue weighted by atomic mass is 10.0. The van der Waals surface area contributed by atoms with Crippen LogP contribution >= 0.6 is 0 Å². The summed E-state index contributed by atoms with van der Waals surface area (Å²) in [6.07, 6.45) is 2.89. The van der Waals surface area contributed by atoms with Gasteiger partial charge in [-0.15, -0.1) is 0 Å². The number of hydrogen-bond acceptors (Lipinski definition) is 3. The predicted molar refractivity (Wildman–Crippen MR) is 84.9 cm³/mol. The lowest BCUT2D eigenvalue weighted by Gasteiger charge is -2.10. The van der Waals surface area contributed by atoms with Crippen molar-refractivity contribution in [3.05, 3.63) is 65.2 Å². The molecule has 0 aromatic heterocycles. The first-order valence-corrected chi connectivity index (χ1v) is 7.80. The van der Waals surface area contributed by atoms with Gasteiger partial charge in [-0.3, -0.25) is 0 Å². The third-order valence-electron chi connectivity index (χ3n) is 3.92. The van der Waals surface area contributed by atoms with Crippen molar-refractivity contribution in [3.8, 4) is 5.75 Å². The quantitative estimate of drug-likeness (QED) is 0.727.